The van der Waals surface area contributed by atoms with Crippen molar-refractivity contribution in [3.05, 3.63) is 64.1 Å². The summed E-state index contributed by atoms with van der Waals surface area (Å²) in [5.41, 5.74) is 1.66. The van der Waals surface area contributed by atoms with E-state index in [-0.39, 0.29) is 16.9 Å². The number of rotatable bonds is 6. The number of anilines is 1. The Balaban J connectivity index is 1.95. The molecule has 0 aliphatic rings. The van der Waals surface area contributed by atoms with Crippen LogP contribution >= 0.6 is 28.1 Å². The molecule has 0 unspecified atom stereocenters. The average Bonchev–Trinajstić information content (AvgIpc) is 2.62. The Morgan fingerprint density at radius 3 is 2.42 bits per heavy atom. The van der Waals surface area contributed by atoms with Crippen LogP contribution in [0.4, 0.5) is 5.69 Å². The van der Waals surface area contributed by atoms with E-state index < -0.39 is 0 Å². The number of carbonyl (C=O) groups excluding carboxylic acids is 2. The molecule has 7 heteroatoms. The summed E-state index contributed by atoms with van der Waals surface area (Å²) in [5.74, 6) is -0.441. The summed E-state index contributed by atoms with van der Waals surface area (Å²) in [6, 6.07) is 14.0. The van der Waals surface area contributed by atoms with Gasteiger partial charge in [-0.05, 0) is 55.0 Å². The third-order valence-corrected chi connectivity index (χ3v) is 4.21. The summed E-state index contributed by atoms with van der Waals surface area (Å²) in [4.78, 5) is 24.3. The normalized spacial score (nSPS) is 10.1. The highest BCUT2D eigenvalue weighted by Crippen LogP contribution is 2.13. The Morgan fingerprint density at radius 1 is 1.04 bits per heavy atom. The second-order valence-corrected chi connectivity index (χ2v) is 6.93. The minimum Gasteiger partial charge on any atom is -0.352 e. The SMILES string of the molecule is CCCCNC(=O)c1cccc(NC(=S)NC(=O)c2cccc(Br)c2)c1. The van der Waals surface area contributed by atoms with Gasteiger partial charge in [0.2, 0.25) is 0 Å². The highest BCUT2D eigenvalue weighted by atomic mass is 79.9. The lowest BCUT2D eigenvalue weighted by Gasteiger charge is -2.11. The fourth-order valence-electron chi connectivity index (χ4n) is 2.19. The zero-order valence-electron chi connectivity index (χ0n) is 14.3. The molecule has 0 atom stereocenters. The molecule has 2 aromatic rings. The standard InChI is InChI=1S/C19H20BrN3O2S/c1-2-3-10-21-17(24)14-7-5-9-16(12-14)22-19(26)23-18(25)13-6-4-8-15(20)11-13/h4-9,11-12H,2-3,10H2,1H3,(H,21,24)(H2,22,23,25,26). The van der Waals surface area contributed by atoms with Crippen molar-refractivity contribution in [3.8, 4) is 0 Å². The van der Waals surface area contributed by atoms with Gasteiger partial charge in [-0.1, -0.05) is 41.4 Å². The predicted octanol–water partition coefficient (Wildman–Crippen LogP) is 4.11. The van der Waals surface area contributed by atoms with Crippen molar-refractivity contribution in [1.82, 2.24) is 10.6 Å². The number of nitrogens with one attached hydrogen (secondary N) is 3. The maximum Gasteiger partial charge on any atom is 0.257 e. The third kappa shape index (κ3) is 6.24. The molecule has 26 heavy (non-hydrogen) atoms. The molecule has 136 valence electrons. The van der Waals surface area contributed by atoms with Crippen molar-refractivity contribution in [1.29, 1.82) is 0 Å². The maximum atomic E-state index is 12.2. The molecule has 0 saturated heterocycles. The van der Waals surface area contributed by atoms with E-state index in [1.807, 2.05) is 6.07 Å². The number of carbonyl (C=O) groups is 2. The Bertz CT molecular complexity index is 811. The second-order valence-electron chi connectivity index (χ2n) is 5.61. The van der Waals surface area contributed by atoms with E-state index in [0.717, 1.165) is 17.3 Å². The van der Waals surface area contributed by atoms with Gasteiger partial charge in [-0.3, -0.25) is 14.9 Å². The fraction of sp³-hybridized carbons (Fsp3) is 0.211. The number of unbranched alkanes of at least 4 members (excludes halogenated alkanes) is 1. The molecule has 0 aliphatic heterocycles. The van der Waals surface area contributed by atoms with Crippen molar-refractivity contribution in [3.63, 3.8) is 0 Å². The summed E-state index contributed by atoms with van der Waals surface area (Å²) in [5, 5.41) is 8.58. The van der Waals surface area contributed by atoms with E-state index in [4.69, 9.17) is 12.2 Å². The van der Waals surface area contributed by atoms with Crippen LogP contribution in [0.25, 0.3) is 0 Å². The lowest BCUT2D eigenvalue weighted by molar-refractivity contribution is 0.0950. The first-order chi connectivity index (χ1) is 12.5. The van der Waals surface area contributed by atoms with Crippen LogP contribution in [-0.2, 0) is 0 Å². The van der Waals surface area contributed by atoms with E-state index in [1.54, 1.807) is 42.5 Å². The van der Waals surface area contributed by atoms with Gasteiger partial charge in [0.25, 0.3) is 11.8 Å². The number of hydrogen-bond donors (Lipinski definition) is 3. The van der Waals surface area contributed by atoms with Gasteiger partial charge in [0, 0.05) is 27.8 Å². The van der Waals surface area contributed by atoms with Gasteiger partial charge < -0.3 is 10.6 Å². The zero-order chi connectivity index (χ0) is 18.9. The Hall–Kier alpha value is -2.25. The molecule has 2 rings (SSSR count). The van der Waals surface area contributed by atoms with Gasteiger partial charge >= 0.3 is 0 Å². The average molecular weight is 434 g/mol. The van der Waals surface area contributed by atoms with Crippen molar-refractivity contribution >= 4 is 50.8 Å². The molecule has 2 aromatic carbocycles. The number of benzene rings is 2. The first-order valence-corrected chi connectivity index (χ1v) is 9.46. The lowest BCUT2D eigenvalue weighted by Crippen LogP contribution is -2.34. The molecule has 0 fully saturated rings. The number of thiocarbonyl (C=S) groups is 1. The maximum absolute atomic E-state index is 12.2. The van der Waals surface area contributed by atoms with Crippen LogP contribution in [0.3, 0.4) is 0 Å². The monoisotopic (exact) mass is 433 g/mol. The molecule has 0 aliphatic carbocycles. The quantitative estimate of drug-likeness (QED) is 0.473. The molecule has 5 nitrogen and oxygen atoms in total. The van der Waals surface area contributed by atoms with Crippen LogP contribution in [0.15, 0.2) is 53.0 Å². The smallest absolute Gasteiger partial charge is 0.257 e. The molecule has 0 heterocycles. The zero-order valence-corrected chi connectivity index (χ0v) is 16.7. The summed E-state index contributed by atoms with van der Waals surface area (Å²) in [6.07, 6.45) is 1.96. The molecular formula is C19H20BrN3O2S. The molecule has 0 saturated carbocycles. The van der Waals surface area contributed by atoms with Gasteiger partial charge in [-0.25, -0.2) is 0 Å². The van der Waals surface area contributed by atoms with E-state index in [9.17, 15) is 9.59 Å². The minimum atomic E-state index is -0.308. The van der Waals surface area contributed by atoms with Gasteiger partial charge in [0.1, 0.15) is 0 Å². The van der Waals surface area contributed by atoms with Crippen LogP contribution in [0, 0.1) is 0 Å². The van der Waals surface area contributed by atoms with Crippen LogP contribution < -0.4 is 16.0 Å². The van der Waals surface area contributed by atoms with Crippen molar-refractivity contribution in [2.24, 2.45) is 0 Å². The molecule has 2 amide bonds. The topological polar surface area (TPSA) is 70.2 Å². The lowest BCUT2D eigenvalue weighted by atomic mass is 10.2. The summed E-state index contributed by atoms with van der Waals surface area (Å²) in [6.45, 7) is 2.72. The van der Waals surface area contributed by atoms with Crippen molar-refractivity contribution in [2.75, 3.05) is 11.9 Å². The molecule has 3 N–H and O–H groups in total. The fourth-order valence-corrected chi connectivity index (χ4v) is 2.80. The van der Waals surface area contributed by atoms with Crippen LogP contribution in [0.2, 0.25) is 0 Å². The Kier molecular flexibility index (Phi) is 7.74. The van der Waals surface area contributed by atoms with Gasteiger partial charge in [-0.2, -0.15) is 0 Å². The number of amides is 2. The van der Waals surface area contributed by atoms with E-state index in [1.165, 1.54) is 0 Å². The first kappa shape index (κ1) is 20.1. The van der Waals surface area contributed by atoms with Crippen molar-refractivity contribution < 1.29 is 9.59 Å². The highest BCUT2D eigenvalue weighted by Gasteiger charge is 2.10. The second kappa shape index (κ2) is 10.0. The first-order valence-electron chi connectivity index (χ1n) is 8.25. The Morgan fingerprint density at radius 2 is 1.73 bits per heavy atom. The summed E-state index contributed by atoms with van der Waals surface area (Å²) >= 11 is 8.51. The van der Waals surface area contributed by atoms with Gasteiger partial charge in [0.05, 0.1) is 0 Å². The molecule has 0 aromatic heterocycles. The number of hydrogen-bond acceptors (Lipinski definition) is 3. The van der Waals surface area contributed by atoms with Gasteiger partial charge in [-0.15, -0.1) is 0 Å². The molecule has 0 spiro atoms. The van der Waals surface area contributed by atoms with Crippen molar-refractivity contribution in [2.45, 2.75) is 19.8 Å². The molecular weight excluding hydrogens is 414 g/mol. The van der Waals surface area contributed by atoms with Crippen LogP contribution in [0.5, 0.6) is 0 Å². The Labute approximate surface area is 166 Å². The van der Waals surface area contributed by atoms with Crippen LogP contribution in [-0.4, -0.2) is 23.5 Å². The molecule has 0 bridgehead atoms. The number of halogens is 1. The van der Waals surface area contributed by atoms with E-state index in [0.29, 0.717) is 23.4 Å². The van der Waals surface area contributed by atoms with Crippen LogP contribution in [0.1, 0.15) is 40.5 Å². The predicted molar refractivity (Wildman–Crippen MR) is 112 cm³/mol. The van der Waals surface area contributed by atoms with E-state index in [2.05, 4.69) is 38.8 Å². The minimum absolute atomic E-state index is 0.133. The third-order valence-electron chi connectivity index (χ3n) is 3.51. The summed E-state index contributed by atoms with van der Waals surface area (Å²) in [7, 11) is 0. The van der Waals surface area contributed by atoms with Gasteiger partial charge in [0.15, 0.2) is 5.11 Å². The highest BCUT2D eigenvalue weighted by molar-refractivity contribution is 9.10. The summed E-state index contributed by atoms with van der Waals surface area (Å²) < 4.78 is 0.811. The largest absolute Gasteiger partial charge is 0.352 e. The molecule has 0 radical (unpaired) electrons. The van der Waals surface area contributed by atoms with E-state index >= 15 is 0 Å².